The first-order valence-electron chi connectivity index (χ1n) is 9.53. The number of hydrogen-bond donors (Lipinski definition) is 1. The van der Waals surface area contributed by atoms with Gasteiger partial charge in [-0.3, -0.25) is 24.5 Å². The molecule has 0 aliphatic carbocycles. The third-order valence-corrected chi connectivity index (χ3v) is 5.34. The maximum Gasteiger partial charge on any atom is 0.338 e. The fraction of sp³-hybridized carbons (Fsp3) is 0.0435. The Hall–Kier alpha value is -4.31. The van der Waals surface area contributed by atoms with Crippen molar-refractivity contribution in [3.05, 3.63) is 99.1 Å². The molecule has 0 fully saturated rings. The molecule has 4 rings (SSSR count). The molecule has 0 saturated heterocycles. The SMILES string of the molecule is O=C(COC(=O)c1ccc2c(c1)C(=O)N(c1ccccc1S)C2=O)c1cccc([N+](=O)[O-])c1. The monoisotopic (exact) mass is 462 g/mol. The molecule has 0 atom stereocenters. The summed E-state index contributed by atoms with van der Waals surface area (Å²) in [6, 6.07) is 15.5. The number of carbonyl (C=O) groups is 4. The normalized spacial score (nSPS) is 12.5. The maximum absolute atomic E-state index is 12.9. The van der Waals surface area contributed by atoms with E-state index in [-0.39, 0.29) is 27.9 Å². The number of esters is 1. The number of Topliss-reactive ketones (excluding diaryl/α,β-unsaturated/α-hetero) is 1. The summed E-state index contributed by atoms with van der Waals surface area (Å²) < 4.78 is 5.02. The second-order valence-corrected chi connectivity index (χ2v) is 7.48. The summed E-state index contributed by atoms with van der Waals surface area (Å²) in [6.07, 6.45) is 0. The van der Waals surface area contributed by atoms with Crippen LogP contribution in [0.15, 0.2) is 71.6 Å². The van der Waals surface area contributed by atoms with Crippen LogP contribution in [0.25, 0.3) is 0 Å². The molecular weight excluding hydrogens is 448 g/mol. The van der Waals surface area contributed by atoms with Crippen LogP contribution in [0.2, 0.25) is 0 Å². The van der Waals surface area contributed by atoms with Gasteiger partial charge in [0.15, 0.2) is 6.61 Å². The Labute approximate surface area is 192 Å². The lowest BCUT2D eigenvalue weighted by Crippen LogP contribution is -2.29. The minimum Gasteiger partial charge on any atom is -0.454 e. The topological polar surface area (TPSA) is 124 Å². The zero-order valence-electron chi connectivity index (χ0n) is 16.8. The number of para-hydroxylation sites is 1. The number of anilines is 1. The Morgan fingerprint density at radius 3 is 2.36 bits per heavy atom. The van der Waals surface area contributed by atoms with Crippen LogP contribution >= 0.6 is 12.6 Å². The van der Waals surface area contributed by atoms with Gasteiger partial charge >= 0.3 is 5.97 Å². The molecule has 1 aliphatic heterocycles. The molecule has 3 aromatic carbocycles. The molecule has 0 radical (unpaired) electrons. The number of hydrogen-bond acceptors (Lipinski definition) is 8. The lowest BCUT2D eigenvalue weighted by molar-refractivity contribution is -0.384. The Bertz CT molecular complexity index is 1350. The standard InChI is InChI=1S/C23H14N2O7S/c26-19(13-4-3-5-15(10-13)25(30)31)12-32-23(29)14-8-9-16-17(11-14)22(28)24(21(16)27)18-6-1-2-7-20(18)33/h1-11,33H,12H2. The third-order valence-electron chi connectivity index (χ3n) is 4.96. The molecule has 0 saturated carbocycles. The summed E-state index contributed by atoms with van der Waals surface area (Å²) in [5.74, 6) is -2.67. The van der Waals surface area contributed by atoms with E-state index in [1.165, 1.54) is 36.4 Å². The molecule has 0 N–H and O–H groups in total. The minimum atomic E-state index is -0.884. The van der Waals surface area contributed by atoms with Crippen LogP contribution in [0.4, 0.5) is 11.4 Å². The van der Waals surface area contributed by atoms with E-state index in [9.17, 15) is 29.3 Å². The number of imide groups is 1. The molecule has 1 heterocycles. The summed E-state index contributed by atoms with van der Waals surface area (Å²) in [6.45, 7) is -0.650. The number of nitro groups is 1. The van der Waals surface area contributed by atoms with Crippen LogP contribution in [0, 0.1) is 10.1 Å². The third kappa shape index (κ3) is 4.11. The lowest BCUT2D eigenvalue weighted by Gasteiger charge is -2.15. The molecule has 164 valence electrons. The predicted octanol–water partition coefficient (Wildman–Crippen LogP) is 3.72. The highest BCUT2D eigenvalue weighted by Crippen LogP contribution is 2.32. The van der Waals surface area contributed by atoms with Crippen molar-refractivity contribution >= 4 is 47.6 Å². The number of nitro benzene ring substituents is 1. The molecule has 0 aromatic heterocycles. The molecule has 0 spiro atoms. The molecule has 33 heavy (non-hydrogen) atoms. The van der Waals surface area contributed by atoms with Gasteiger partial charge in [0.25, 0.3) is 17.5 Å². The number of ketones is 1. The largest absolute Gasteiger partial charge is 0.454 e. The number of ether oxygens (including phenoxy) is 1. The second kappa shape index (κ2) is 8.67. The number of fused-ring (bicyclic) bond motifs is 1. The second-order valence-electron chi connectivity index (χ2n) is 7.00. The van der Waals surface area contributed by atoms with Crippen LogP contribution in [0.3, 0.4) is 0 Å². The first-order valence-corrected chi connectivity index (χ1v) is 9.98. The molecule has 2 amide bonds. The highest BCUT2D eigenvalue weighted by atomic mass is 32.1. The number of nitrogens with zero attached hydrogens (tertiary/aromatic N) is 2. The highest BCUT2D eigenvalue weighted by molar-refractivity contribution is 7.80. The van der Waals surface area contributed by atoms with Crippen molar-refractivity contribution in [1.82, 2.24) is 0 Å². The van der Waals surface area contributed by atoms with E-state index in [0.29, 0.717) is 10.6 Å². The first-order chi connectivity index (χ1) is 15.8. The van der Waals surface area contributed by atoms with Crippen LogP contribution in [-0.2, 0) is 4.74 Å². The van der Waals surface area contributed by atoms with Gasteiger partial charge in [0.05, 0.1) is 27.3 Å². The molecule has 9 nitrogen and oxygen atoms in total. The van der Waals surface area contributed by atoms with E-state index < -0.39 is 35.1 Å². The Morgan fingerprint density at radius 1 is 0.909 bits per heavy atom. The fourth-order valence-electron chi connectivity index (χ4n) is 3.33. The molecule has 3 aromatic rings. The van der Waals surface area contributed by atoms with Crippen molar-refractivity contribution in [2.24, 2.45) is 0 Å². The minimum absolute atomic E-state index is 0.0211. The number of non-ortho nitro benzene ring substituents is 1. The summed E-state index contributed by atoms with van der Waals surface area (Å²) in [5.41, 5.74) is 0.201. The van der Waals surface area contributed by atoms with E-state index in [1.54, 1.807) is 24.3 Å². The lowest BCUT2D eigenvalue weighted by atomic mass is 10.1. The molecule has 0 unspecified atom stereocenters. The van der Waals surface area contributed by atoms with E-state index >= 15 is 0 Å². The number of thiol groups is 1. The average Bonchev–Trinajstić information content (AvgIpc) is 3.07. The van der Waals surface area contributed by atoms with Crippen molar-refractivity contribution in [2.45, 2.75) is 4.90 Å². The van der Waals surface area contributed by atoms with Gasteiger partial charge in [0.2, 0.25) is 5.78 Å². The smallest absolute Gasteiger partial charge is 0.338 e. The van der Waals surface area contributed by atoms with Crippen LogP contribution in [0.1, 0.15) is 41.4 Å². The Morgan fingerprint density at radius 2 is 1.64 bits per heavy atom. The quantitative estimate of drug-likeness (QED) is 0.148. The van der Waals surface area contributed by atoms with Gasteiger partial charge in [-0.25, -0.2) is 9.69 Å². The van der Waals surface area contributed by atoms with E-state index in [2.05, 4.69) is 12.6 Å². The molecule has 1 aliphatic rings. The van der Waals surface area contributed by atoms with Crippen molar-refractivity contribution < 1.29 is 28.8 Å². The van der Waals surface area contributed by atoms with E-state index in [0.717, 1.165) is 11.0 Å². The molecule has 0 bridgehead atoms. The van der Waals surface area contributed by atoms with Crippen molar-refractivity contribution in [2.75, 3.05) is 11.5 Å². The van der Waals surface area contributed by atoms with E-state index in [1.807, 2.05) is 0 Å². The van der Waals surface area contributed by atoms with Gasteiger partial charge < -0.3 is 4.74 Å². The van der Waals surface area contributed by atoms with Gasteiger partial charge in [0, 0.05) is 22.6 Å². The molecule has 10 heteroatoms. The van der Waals surface area contributed by atoms with Gasteiger partial charge in [0.1, 0.15) is 0 Å². The van der Waals surface area contributed by atoms with Crippen LogP contribution < -0.4 is 4.90 Å². The average molecular weight is 462 g/mol. The van der Waals surface area contributed by atoms with Crippen molar-refractivity contribution in [1.29, 1.82) is 0 Å². The van der Waals surface area contributed by atoms with E-state index in [4.69, 9.17) is 4.74 Å². The Kier molecular flexibility index (Phi) is 5.76. The van der Waals surface area contributed by atoms with Gasteiger partial charge in [-0.15, -0.1) is 12.6 Å². The van der Waals surface area contributed by atoms with Crippen molar-refractivity contribution in [3.63, 3.8) is 0 Å². The summed E-state index contributed by atoms with van der Waals surface area (Å²) in [5, 5.41) is 10.9. The van der Waals surface area contributed by atoms with Crippen LogP contribution in [0.5, 0.6) is 0 Å². The summed E-state index contributed by atoms with van der Waals surface area (Å²) >= 11 is 4.29. The fourth-order valence-corrected chi connectivity index (χ4v) is 3.59. The number of amides is 2. The van der Waals surface area contributed by atoms with Crippen LogP contribution in [-0.4, -0.2) is 35.1 Å². The number of rotatable bonds is 6. The first kappa shape index (κ1) is 21.9. The number of benzene rings is 3. The van der Waals surface area contributed by atoms with Gasteiger partial charge in [-0.2, -0.15) is 0 Å². The Balaban J connectivity index is 1.51. The summed E-state index contributed by atoms with van der Waals surface area (Å²) in [7, 11) is 0. The van der Waals surface area contributed by atoms with Crippen molar-refractivity contribution in [3.8, 4) is 0 Å². The zero-order chi connectivity index (χ0) is 23.7. The predicted molar refractivity (Wildman–Crippen MR) is 119 cm³/mol. The number of carbonyl (C=O) groups excluding carboxylic acids is 4. The maximum atomic E-state index is 12.9. The van der Waals surface area contributed by atoms with Gasteiger partial charge in [-0.1, -0.05) is 24.3 Å². The highest BCUT2D eigenvalue weighted by Gasteiger charge is 2.38. The molecular formula is C23H14N2O7S. The summed E-state index contributed by atoms with van der Waals surface area (Å²) in [4.78, 5) is 62.0. The zero-order valence-corrected chi connectivity index (χ0v) is 17.7. The van der Waals surface area contributed by atoms with Gasteiger partial charge in [-0.05, 0) is 30.3 Å².